The van der Waals surface area contributed by atoms with Gasteiger partial charge < -0.3 is 10.1 Å². The summed E-state index contributed by atoms with van der Waals surface area (Å²) in [7, 11) is -3.94. The van der Waals surface area contributed by atoms with E-state index in [2.05, 4.69) is 14.8 Å². The Morgan fingerprint density at radius 3 is 2.62 bits per heavy atom. The molecule has 1 saturated heterocycles. The summed E-state index contributed by atoms with van der Waals surface area (Å²) in [6, 6.07) is 2.71. The molecule has 0 spiro atoms. The second-order valence-electron chi connectivity index (χ2n) is 5.95. The van der Waals surface area contributed by atoms with E-state index in [-0.39, 0.29) is 28.0 Å². The third-order valence-electron chi connectivity index (χ3n) is 3.72. The minimum atomic E-state index is -3.94. The Labute approximate surface area is 143 Å². The van der Waals surface area contributed by atoms with Crippen molar-refractivity contribution in [2.75, 3.05) is 0 Å². The van der Waals surface area contributed by atoms with E-state index in [0.717, 1.165) is 18.2 Å². The minimum absolute atomic E-state index is 0.146. The first kappa shape index (κ1) is 18.9. The lowest BCUT2D eigenvalue weighted by molar-refractivity contribution is -0.125. The maximum Gasteiger partial charge on any atom is 0.387 e. The predicted octanol–water partition coefficient (Wildman–Crippen LogP) is 2.28. The molecule has 1 heterocycles. The molecule has 0 saturated carbocycles. The van der Waals surface area contributed by atoms with Crippen molar-refractivity contribution < 1.29 is 26.7 Å². The summed E-state index contributed by atoms with van der Waals surface area (Å²) in [5.41, 5.74) is -0.759. The van der Waals surface area contributed by atoms with Crippen LogP contribution in [0.4, 0.5) is 8.78 Å². The number of carbonyl (C=O) groups excluding carboxylic acids is 1. The molecule has 24 heavy (non-hydrogen) atoms. The van der Waals surface area contributed by atoms with Crippen LogP contribution in [0.25, 0.3) is 0 Å². The fourth-order valence-corrected chi connectivity index (χ4v) is 4.18. The summed E-state index contributed by atoms with van der Waals surface area (Å²) in [4.78, 5) is 11.3. The summed E-state index contributed by atoms with van der Waals surface area (Å²) >= 11 is 5.79. The van der Waals surface area contributed by atoms with Crippen LogP contribution in [0.3, 0.4) is 0 Å². The largest absolute Gasteiger partial charge is 0.433 e. The zero-order valence-corrected chi connectivity index (χ0v) is 14.5. The van der Waals surface area contributed by atoms with E-state index in [1.165, 1.54) is 0 Å². The average Bonchev–Trinajstić information content (AvgIpc) is 2.43. The Morgan fingerprint density at radius 1 is 1.42 bits per heavy atom. The molecule has 134 valence electrons. The lowest BCUT2D eigenvalue weighted by atomic mass is 9.88. The smallest absolute Gasteiger partial charge is 0.387 e. The summed E-state index contributed by atoms with van der Waals surface area (Å²) in [5.74, 6) is -0.456. The van der Waals surface area contributed by atoms with Crippen molar-refractivity contribution in [2.24, 2.45) is 0 Å². The zero-order chi connectivity index (χ0) is 18.1. The van der Waals surface area contributed by atoms with Crippen LogP contribution in [0.2, 0.25) is 5.02 Å². The summed E-state index contributed by atoms with van der Waals surface area (Å²) in [5, 5.41) is 2.49. The number of alkyl halides is 2. The molecule has 1 fully saturated rings. The number of sulfonamides is 1. The van der Waals surface area contributed by atoms with Crippen molar-refractivity contribution in [3.63, 3.8) is 0 Å². The molecule has 0 aromatic heterocycles. The Kier molecular flexibility index (Phi) is 5.36. The minimum Gasteiger partial charge on any atom is -0.433 e. The molecular formula is C14H17ClF2N2O4S. The molecule has 1 aliphatic heterocycles. The van der Waals surface area contributed by atoms with Crippen LogP contribution in [0.15, 0.2) is 23.1 Å². The lowest BCUT2D eigenvalue weighted by Crippen LogP contribution is -2.61. The van der Waals surface area contributed by atoms with Gasteiger partial charge in [-0.15, -0.1) is 0 Å². The van der Waals surface area contributed by atoms with E-state index in [1.54, 1.807) is 13.8 Å². The van der Waals surface area contributed by atoms with E-state index in [1.807, 2.05) is 0 Å². The van der Waals surface area contributed by atoms with Crippen molar-refractivity contribution in [1.29, 1.82) is 0 Å². The van der Waals surface area contributed by atoms with Crippen molar-refractivity contribution in [3.05, 3.63) is 23.2 Å². The van der Waals surface area contributed by atoms with Crippen LogP contribution in [0, 0.1) is 0 Å². The third kappa shape index (κ3) is 4.34. The second kappa shape index (κ2) is 6.81. The van der Waals surface area contributed by atoms with E-state index in [4.69, 9.17) is 11.6 Å². The monoisotopic (exact) mass is 382 g/mol. The molecule has 0 aliphatic carbocycles. The number of nitrogens with one attached hydrogen (secondary N) is 2. The Morgan fingerprint density at radius 2 is 2.08 bits per heavy atom. The molecule has 10 heteroatoms. The van der Waals surface area contributed by atoms with Gasteiger partial charge in [-0.2, -0.15) is 8.78 Å². The number of amides is 1. The third-order valence-corrected chi connectivity index (χ3v) is 5.48. The van der Waals surface area contributed by atoms with Gasteiger partial charge in [-0.25, -0.2) is 13.1 Å². The van der Waals surface area contributed by atoms with E-state index in [0.29, 0.717) is 6.42 Å². The number of piperidine rings is 1. The van der Waals surface area contributed by atoms with Gasteiger partial charge in [0.05, 0.1) is 15.5 Å². The molecule has 2 rings (SSSR count). The number of hydrogen-bond donors (Lipinski definition) is 2. The number of benzene rings is 1. The maximum atomic E-state index is 12.5. The highest BCUT2D eigenvalue weighted by Gasteiger charge is 2.38. The Hall–Kier alpha value is -1.45. The van der Waals surface area contributed by atoms with Crippen LogP contribution in [-0.2, 0) is 14.8 Å². The molecule has 1 amide bonds. The topological polar surface area (TPSA) is 84.5 Å². The van der Waals surface area contributed by atoms with Gasteiger partial charge in [0.15, 0.2) is 0 Å². The fraction of sp³-hybridized carbons (Fsp3) is 0.500. The number of rotatable bonds is 5. The van der Waals surface area contributed by atoms with Gasteiger partial charge >= 0.3 is 6.61 Å². The predicted molar refractivity (Wildman–Crippen MR) is 83.6 cm³/mol. The van der Waals surface area contributed by atoms with Crippen LogP contribution < -0.4 is 14.8 Å². The standard InChI is InChI=1S/C14H17ClF2N2O4S/c1-14(2)11(5-6-12(20)18-14)19-24(21,22)8-3-4-10(9(15)7-8)23-13(16)17/h3-4,7,11,13,19H,5-6H2,1-2H3,(H,18,20). The first-order valence-electron chi connectivity index (χ1n) is 7.09. The van der Waals surface area contributed by atoms with Gasteiger partial charge in [-0.05, 0) is 38.5 Å². The fourth-order valence-electron chi connectivity index (χ4n) is 2.45. The summed E-state index contributed by atoms with van der Waals surface area (Å²) in [6.45, 7) is 0.364. The first-order valence-corrected chi connectivity index (χ1v) is 8.95. The quantitative estimate of drug-likeness (QED) is 0.818. The van der Waals surface area contributed by atoms with Crippen molar-refractivity contribution in [3.8, 4) is 5.75 Å². The van der Waals surface area contributed by atoms with Gasteiger partial charge in [-0.3, -0.25) is 4.79 Å². The van der Waals surface area contributed by atoms with Crippen molar-refractivity contribution in [1.82, 2.24) is 10.0 Å². The van der Waals surface area contributed by atoms with Gasteiger partial charge in [-0.1, -0.05) is 11.6 Å². The SMILES string of the molecule is CC1(C)NC(=O)CCC1NS(=O)(=O)c1ccc(OC(F)F)c(Cl)c1. The Balaban J connectivity index is 2.21. The number of halogens is 3. The van der Waals surface area contributed by atoms with Crippen LogP contribution in [-0.4, -0.2) is 32.5 Å². The number of ether oxygens (including phenoxy) is 1. The van der Waals surface area contributed by atoms with E-state index >= 15 is 0 Å². The van der Waals surface area contributed by atoms with Crippen molar-refractivity contribution in [2.45, 2.75) is 49.8 Å². The van der Waals surface area contributed by atoms with Crippen LogP contribution >= 0.6 is 11.6 Å². The van der Waals surface area contributed by atoms with Gasteiger partial charge in [0.1, 0.15) is 5.75 Å². The zero-order valence-electron chi connectivity index (χ0n) is 13.0. The summed E-state index contributed by atoms with van der Waals surface area (Å²) < 4.78 is 56.1. The van der Waals surface area contributed by atoms with E-state index < -0.39 is 28.2 Å². The highest BCUT2D eigenvalue weighted by atomic mass is 35.5. The average molecular weight is 383 g/mol. The highest BCUT2D eigenvalue weighted by Crippen LogP contribution is 2.29. The molecule has 1 aliphatic rings. The van der Waals surface area contributed by atoms with Gasteiger partial charge in [0.25, 0.3) is 0 Å². The van der Waals surface area contributed by atoms with Gasteiger partial charge in [0, 0.05) is 12.5 Å². The van der Waals surface area contributed by atoms with Crippen LogP contribution in [0.5, 0.6) is 5.75 Å². The molecule has 0 bridgehead atoms. The second-order valence-corrected chi connectivity index (χ2v) is 8.07. The number of hydrogen-bond acceptors (Lipinski definition) is 4. The molecule has 0 radical (unpaired) electrons. The number of carbonyl (C=O) groups is 1. The van der Waals surface area contributed by atoms with Gasteiger partial charge in [0.2, 0.25) is 15.9 Å². The summed E-state index contributed by atoms with van der Waals surface area (Å²) in [6.07, 6.45) is 0.552. The lowest BCUT2D eigenvalue weighted by Gasteiger charge is -2.39. The molecule has 6 nitrogen and oxygen atoms in total. The molecule has 1 aromatic rings. The van der Waals surface area contributed by atoms with Crippen molar-refractivity contribution >= 4 is 27.5 Å². The molecule has 2 N–H and O–H groups in total. The normalized spacial score (nSPS) is 20.8. The molecule has 1 unspecified atom stereocenters. The molecule has 1 atom stereocenters. The molecular weight excluding hydrogens is 366 g/mol. The highest BCUT2D eigenvalue weighted by molar-refractivity contribution is 7.89. The Bertz CT molecular complexity index is 740. The first-order chi connectivity index (χ1) is 11.0. The van der Waals surface area contributed by atoms with E-state index in [9.17, 15) is 22.0 Å². The molecule has 1 aromatic carbocycles. The maximum absolute atomic E-state index is 12.5. The van der Waals surface area contributed by atoms with Crippen LogP contribution in [0.1, 0.15) is 26.7 Å².